The fourth-order valence-corrected chi connectivity index (χ4v) is 5.59. The van der Waals surface area contributed by atoms with Crippen LogP contribution in [0.15, 0.2) is 142 Å². The van der Waals surface area contributed by atoms with Crippen molar-refractivity contribution in [2.24, 2.45) is 10.8 Å². The third kappa shape index (κ3) is 11.7. The molecule has 2 rings (SSSR count). The molecule has 1 nitrogen and oxygen atoms in total. The van der Waals surface area contributed by atoms with Gasteiger partial charge in [-0.2, -0.15) is 0 Å². The molecule has 0 aromatic heterocycles. The highest BCUT2D eigenvalue weighted by atomic mass is 16.3. The highest BCUT2D eigenvalue weighted by molar-refractivity contribution is 5.41. The SMILES string of the molecule is CC1=C(/C=C/C(C)=C/C=C/C(C)=C\C=C\C=C(C)\C=C\C=C(C)\C=C\C2=C(C)C[C@H](O)CC2(C)C)C(C)(C)C=CC1. The predicted molar refractivity (Wildman–Crippen MR) is 183 cm³/mol. The molecule has 0 aromatic carbocycles. The van der Waals surface area contributed by atoms with Crippen LogP contribution in [0.4, 0.5) is 0 Å². The molecule has 2 aliphatic rings. The standard InChI is InChI=1S/C40H54O/c1-30(18-13-20-32(3)23-25-37-34(5)22-15-27-39(37,7)8)16-11-12-17-31(2)19-14-21-33(4)24-26-38-35(6)28-36(41)29-40(38,9)10/h11-21,23-27,36,41H,22,28-29H2,1-10H3/b12-11+,18-13+,19-14+,25-23+,26-24+,30-16-,31-17+,32-20+,33-21+/t36-/m0/s1. The van der Waals surface area contributed by atoms with E-state index in [0.717, 1.165) is 19.3 Å². The Morgan fingerprint density at radius 3 is 1.63 bits per heavy atom. The van der Waals surface area contributed by atoms with Crippen molar-refractivity contribution >= 4 is 0 Å². The predicted octanol–water partition coefficient (Wildman–Crippen LogP) is 11.4. The van der Waals surface area contributed by atoms with E-state index in [1.165, 1.54) is 44.6 Å². The lowest BCUT2D eigenvalue weighted by Gasteiger charge is -2.35. The van der Waals surface area contributed by atoms with Gasteiger partial charge in [0, 0.05) is 5.41 Å². The number of allylic oxidation sites excluding steroid dienone is 23. The van der Waals surface area contributed by atoms with Crippen LogP contribution in [0.2, 0.25) is 0 Å². The van der Waals surface area contributed by atoms with Crippen molar-refractivity contribution in [2.45, 2.75) is 94.6 Å². The van der Waals surface area contributed by atoms with E-state index in [2.05, 4.69) is 166 Å². The molecule has 0 aliphatic heterocycles. The van der Waals surface area contributed by atoms with Gasteiger partial charge in [0.2, 0.25) is 0 Å². The van der Waals surface area contributed by atoms with Gasteiger partial charge in [0.15, 0.2) is 0 Å². The van der Waals surface area contributed by atoms with E-state index in [4.69, 9.17) is 0 Å². The van der Waals surface area contributed by atoms with E-state index < -0.39 is 0 Å². The number of hydrogen-bond acceptors (Lipinski definition) is 1. The van der Waals surface area contributed by atoms with Crippen molar-refractivity contribution in [3.8, 4) is 0 Å². The minimum Gasteiger partial charge on any atom is -0.393 e. The summed E-state index contributed by atoms with van der Waals surface area (Å²) >= 11 is 0. The fraction of sp³-hybridized carbons (Fsp3) is 0.400. The zero-order chi connectivity index (χ0) is 30.6. The second kappa shape index (κ2) is 15.7. The normalized spacial score (nSPS) is 23.1. The van der Waals surface area contributed by atoms with Crippen LogP contribution in [-0.2, 0) is 0 Å². The highest BCUT2D eigenvalue weighted by Crippen LogP contribution is 2.41. The molecule has 1 heteroatoms. The summed E-state index contributed by atoms with van der Waals surface area (Å²) < 4.78 is 0. The fourth-order valence-electron chi connectivity index (χ4n) is 5.59. The third-order valence-corrected chi connectivity index (χ3v) is 7.88. The van der Waals surface area contributed by atoms with Crippen LogP contribution < -0.4 is 0 Å². The zero-order valence-corrected chi connectivity index (χ0v) is 27.4. The van der Waals surface area contributed by atoms with Gasteiger partial charge >= 0.3 is 0 Å². The molecular formula is C40H54O. The van der Waals surface area contributed by atoms with E-state index in [-0.39, 0.29) is 16.9 Å². The monoisotopic (exact) mass is 550 g/mol. The van der Waals surface area contributed by atoms with Crippen LogP contribution in [-0.4, -0.2) is 11.2 Å². The highest BCUT2D eigenvalue weighted by Gasteiger charge is 2.31. The first kappa shape index (κ1) is 34.0. The van der Waals surface area contributed by atoms with Gasteiger partial charge in [-0.05, 0) is 77.4 Å². The summed E-state index contributed by atoms with van der Waals surface area (Å²) in [6.45, 7) is 21.9. The molecule has 0 bridgehead atoms. The zero-order valence-electron chi connectivity index (χ0n) is 27.4. The van der Waals surface area contributed by atoms with Crippen LogP contribution in [0, 0.1) is 10.8 Å². The average molecular weight is 551 g/mol. The van der Waals surface area contributed by atoms with Crippen LogP contribution in [0.25, 0.3) is 0 Å². The van der Waals surface area contributed by atoms with Crippen LogP contribution >= 0.6 is 0 Å². The summed E-state index contributed by atoms with van der Waals surface area (Å²) in [6, 6.07) is 0. The summed E-state index contributed by atoms with van der Waals surface area (Å²) in [6.07, 6.45) is 37.2. The average Bonchev–Trinajstić information content (AvgIpc) is 2.84. The Balaban J connectivity index is 1.90. The Morgan fingerprint density at radius 2 is 1.15 bits per heavy atom. The van der Waals surface area contributed by atoms with Gasteiger partial charge < -0.3 is 5.11 Å². The van der Waals surface area contributed by atoms with Gasteiger partial charge in [0.1, 0.15) is 0 Å². The van der Waals surface area contributed by atoms with Gasteiger partial charge in [-0.15, -0.1) is 0 Å². The summed E-state index contributed by atoms with van der Waals surface area (Å²) in [4.78, 5) is 0. The molecule has 2 aliphatic carbocycles. The summed E-state index contributed by atoms with van der Waals surface area (Å²) in [5.41, 5.74) is 10.5. The van der Waals surface area contributed by atoms with Gasteiger partial charge in [-0.25, -0.2) is 0 Å². The van der Waals surface area contributed by atoms with E-state index in [1.54, 1.807) is 0 Å². The lowest BCUT2D eigenvalue weighted by Crippen LogP contribution is -2.28. The van der Waals surface area contributed by atoms with Crippen molar-refractivity contribution < 1.29 is 5.11 Å². The van der Waals surface area contributed by atoms with E-state index in [1.807, 2.05) is 0 Å². The molecule has 0 fully saturated rings. The maximum atomic E-state index is 10.1. The maximum Gasteiger partial charge on any atom is 0.0585 e. The molecule has 0 saturated carbocycles. The minimum absolute atomic E-state index is 0.0110. The molecule has 220 valence electrons. The molecule has 0 unspecified atom stereocenters. The summed E-state index contributed by atoms with van der Waals surface area (Å²) in [7, 11) is 0. The van der Waals surface area contributed by atoms with Gasteiger partial charge in [-0.3, -0.25) is 0 Å². The number of aliphatic hydroxyl groups is 1. The Bertz CT molecular complexity index is 1300. The van der Waals surface area contributed by atoms with Crippen molar-refractivity contribution in [1.29, 1.82) is 0 Å². The molecule has 41 heavy (non-hydrogen) atoms. The quantitative estimate of drug-likeness (QED) is 0.212. The van der Waals surface area contributed by atoms with Gasteiger partial charge in [0.05, 0.1) is 6.10 Å². The van der Waals surface area contributed by atoms with Crippen LogP contribution in [0.3, 0.4) is 0 Å². The molecule has 0 amide bonds. The molecule has 0 heterocycles. The second-order valence-electron chi connectivity index (χ2n) is 13.1. The van der Waals surface area contributed by atoms with E-state index >= 15 is 0 Å². The largest absolute Gasteiger partial charge is 0.393 e. The molecule has 1 atom stereocenters. The Hall–Kier alpha value is -3.16. The van der Waals surface area contributed by atoms with Crippen LogP contribution in [0.1, 0.15) is 88.5 Å². The first-order valence-electron chi connectivity index (χ1n) is 15.1. The van der Waals surface area contributed by atoms with Crippen molar-refractivity contribution in [3.05, 3.63) is 142 Å². The lowest BCUT2D eigenvalue weighted by atomic mass is 9.71. The lowest BCUT2D eigenvalue weighted by molar-refractivity contribution is 0.116. The Labute approximate surface area is 251 Å². The Kier molecular flexibility index (Phi) is 13.1. The Morgan fingerprint density at radius 1 is 0.683 bits per heavy atom. The molecular weight excluding hydrogens is 496 g/mol. The van der Waals surface area contributed by atoms with Gasteiger partial charge in [0.25, 0.3) is 0 Å². The molecule has 0 radical (unpaired) electrons. The smallest absolute Gasteiger partial charge is 0.0585 e. The molecule has 1 N–H and O–H groups in total. The first-order valence-corrected chi connectivity index (χ1v) is 15.1. The number of rotatable bonds is 10. The molecule has 0 spiro atoms. The van der Waals surface area contributed by atoms with Crippen molar-refractivity contribution in [3.63, 3.8) is 0 Å². The maximum absolute atomic E-state index is 10.1. The van der Waals surface area contributed by atoms with Crippen LogP contribution in [0.5, 0.6) is 0 Å². The van der Waals surface area contributed by atoms with E-state index in [9.17, 15) is 5.11 Å². The summed E-state index contributed by atoms with van der Waals surface area (Å²) in [5, 5.41) is 10.1. The van der Waals surface area contributed by atoms with Crippen molar-refractivity contribution in [1.82, 2.24) is 0 Å². The summed E-state index contributed by atoms with van der Waals surface area (Å²) in [5.74, 6) is 0. The van der Waals surface area contributed by atoms with Gasteiger partial charge in [-0.1, -0.05) is 158 Å². The van der Waals surface area contributed by atoms with Crippen molar-refractivity contribution in [2.75, 3.05) is 0 Å². The number of aliphatic hydroxyl groups excluding tert-OH is 1. The first-order chi connectivity index (χ1) is 19.2. The number of hydrogen-bond donors (Lipinski definition) is 1. The second-order valence-corrected chi connectivity index (χ2v) is 13.1. The molecule has 0 saturated heterocycles. The van der Waals surface area contributed by atoms with E-state index in [0.29, 0.717) is 0 Å². The molecule has 0 aromatic rings. The third-order valence-electron chi connectivity index (χ3n) is 7.88. The topological polar surface area (TPSA) is 20.2 Å². The minimum atomic E-state index is -0.222.